The summed E-state index contributed by atoms with van der Waals surface area (Å²) in [6.07, 6.45) is 4.05. The first-order valence-electron chi connectivity index (χ1n) is 15.1. The molecule has 0 unspecified atom stereocenters. The van der Waals surface area contributed by atoms with Gasteiger partial charge in [-0.25, -0.2) is 4.79 Å². The summed E-state index contributed by atoms with van der Waals surface area (Å²) in [7, 11) is 1.38. The first kappa shape index (κ1) is 30.1. The van der Waals surface area contributed by atoms with Crippen LogP contribution in [0.1, 0.15) is 46.3 Å². The summed E-state index contributed by atoms with van der Waals surface area (Å²) >= 11 is 0. The average molecular weight is 577 g/mol. The molecule has 4 aromatic rings. The number of anilines is 1. The van der Waals surface area contributed by atoms with Crippen molar-refractivity contribution >= 4 is 17.4 Å². The molecule has 1 aliphatic carbocycles. The largest absolute Gasteiger partial charge is 0.494 e. The molecule has 0 heterocycles. The molecule has 5 rings (SSSR count). The molecule has 0 amide bonds. The third-order valence-corrected chi connectivity index (χ3v) is 7.74. The first-order valence-corrected chi connectivity index (χ1v) is 15.1. The second-order valence-corrected chi connectivity index (χ2v) is 11.2. The van der Waals surface area contributed by atoms with E-state index in [-0.39, 0.29) is 5.78 Å². The van der Waals surface area contributed by atoms with Gasteiger partial charge in [-0.15, -0.1) is 0 Å². The van der Waals surface area contributed by atoms with E-state index in [2.05, 4.69) is 40.5 Å². The Morgan fingerprint density at radius 2 is 1.51 bits per heavy atom. The molecule has 0 spiro atoms. The van der Waals surface area contributed by atoms with Gasteiger partial charge >= 0.3 is 5.97 Å². The molecular formula is C37H40N2O4. The third-order valence-electron chi connectivity index (χ3n) is 7.74. The summed E-state index contributed by atoms with van der Waals surface area (Å²) < 4.78 is 11.2. The van der Waals surface area contributed by atoms with Gasteiger partial charge in [-0.05, 0) is 60.6 Å². The standard InChI is InChI=1S/C37H40N2O4/c1-42-37(41)35(38-34-16-9-8-15-33(34)36(40)31-13-6-3-7-14-31)25-28-19-21-32(22-20-28)43-24-10-23-39(27-30-17-18-30)26-29-11-4-2-5-12-29/h2-9,11-16,19-22,30,35,38H,10,17-18,23-27H2,1H3/t35-/m0/s1. The van der Waals surface area contributed by atoms with E-state index in [9.17, 15) is 9.59 Å². The molecule has 1 aliphatic rings. The summed E-state index contributed by atoms with van der Waals surface area (Å²) in [6.45, 7) is 3.79. The lowest BCUT2D eigenvalue weighted by molar-refractivity contribution is -0.141. The van der Waals surface area contributed by atoms with Crippen molar-refractivity contribution < 1.29 is 19.1 Å². The summed E-state index contributed by atoms with van der Waals surface area (Å²) in [5, 5.41) is 3.27. The summed E-state index contributed by atoms with van der Waals surface area (Å²) in [6, 6.07) is 34.2. The molecule has 0 aromatic heterocycles. The lowest BCUT2D eigenvalue weighted by Gasteiger charge is -2.22. The number of nitrogens with zero attached hydrogens (tertiary/aromatic N) is 1. The number of ketones is 1. The minimum Gasteiger partial charge on any atom is -0.494 e. The van der Waals surface area contributed by atoms with Gasteiger partial charge in [0.15, 0.2) is 5.78 Å². The van der Waals surface area contributed by atoms with Crippen LogP contribution in [0.15, 0.2) is 109 Å². The number of rotatable bonds is 16. The highest BCUT2D eigenvalue weighted by molar-refractivity contribution is 6.12. The lowest BCUT2D eigenvalue weighted by atomic mass is 10.00. The van der Waals surface area contributed by atoms with Crippen LogP contribution in [-0.2, 0) is 22.5 Å². The van der Waals surface area contributed by atoms with E-state index in [0.717, 1.165) is 43.3 Å². The Balaban J connectivity index is 1.15. The van der Waals surface area contributed by atoms with Crippen molar-refractivity contribution in [3.05, 3.63) is 131 Å². The zero-order valence-corrected chi connectivity index (χ0v) is 24.8. The Hall–Kier alpha value is -4.42. The van der Waals surface area contributed by atoms with Crippen LogP contribution in [-0.4, -0.2) is 49.5 Å². The monoisotopic (exact) mass is 576 g/mol. The predicted molar refractivity (Wildman–Crippen MR) is 170 cm³/mol. The van der Waals surface area contributed by atoms with E-state index in [1.807, 2.05) is 60.7 Å². The molecule has 6 nitrogen and oxygen atoms in total. The van der Waals surface area contributed by atoms with Gasteiger partial charge in [0.1, 0.15) is 11.8 Å². The number of nitrogens with one attached hydrogen (secondary N) is 1. The summed E-state index contributed by atoms with van der Waals surface area (Å²) in [5.74, 6) is 1.15. The number of carbonyl (C=O) groups is 2. The maximum Gasteiger partial charge on any atom is 0.328 e. The van der Waals surface area contributed by atoms with Crippen LogP contribution in [0.2, 0.25) is 0 Å². The fraction of sp³-hybridized carbons (Fsp3) is 0.297. The lowest BCUT2D eigenvalue weighted by Crippen LogP contribution is -2.33. The predicted octanol–water partition coefficient (Wildman–Crippen LogP) is 6.79. The highest BCUT2D eigenvalue weighted by Gasteiger charge is 2.24. The van der Waals surface area contributed by atoms with E-state index in [4.69, 9.17) is 9.47 Å². The van der Waals surface area contributed by atoms with Gasteiger partial charge in [-0.3, -0.25) is 9.69 Å². The van der Waals surface area contributed by atoms with Crippen molar-refractivity contribution in [1.82, 2.24) is 4.90 Å². The Bertz CT molecular complexity index is 1450. The average Bonchev–Trinajstić information content (AvgIpc) is 3.88. The van der Waals surface area contributed by atoms with E-state index in [1.165, 1.54) is 25.5 Å². The number of ether oxygens (including phenoxy) is 2. The van der Waals surface area contributed by atoms with Crippen LogP contribution < -0.4 is 10.1 Å². The van der Waals surface area contributed by atoms with Gasteiger partial charge in [0.2, 0.25) is 0 Å². The minimum atomic E-state index is -0.663. The molecule has 0 bridgehead atoms. The Labute approximate surface area is 254 Å². The van der Waals surface area contributed by atoms with Crippen LogP contribution in [0.3, 0.4) is 0 Å². The van der Waals surface area contributed by atoms with Crippen molar-refractivity contribution in [2.24, 2.45) is 5.92 Å². The fourth-order valence-corrected chi connectivity index (χ4v) is 5.25. The van der Waals surface area contributed by atoms with Gasteiger partial charge in [-0.2, -0.15) is 0 Å². The second-order valence-electron chi connectivity index (χ2n) is 11.2. The van der Waals surface area contributed by atoms with E-state index in [0.29, 0.717) is 29.8 Å². The van der Waals surface area contributed by atoms with Crippen molar-refractivity contribution in [1.29, 1.82) is 0 Å². The molecule has 0 radical (unpaired) electrons. The van der Waals surface area contributed by atoms with E-state index < -0.39 is 12.0 Å². The minimum absolute atomic E-state index is 0.107. The molecule has 0 saturated heterocycles. The zero-order valence-electron chi connectivity index (χ0n) is 24.8. The number of para-hydroxylation sites is 1. The molecule has 1 atom stereocenters. The Kier molecular flexibility index (Phi) is 10.6. The van der Waals surface area contributed by atoms with Crippen molar-refractivity contribution in [2.45, 2.75) is 38.3 Å². The van der Waals surface area contributed by atoms with Gasteiger partial charge < -0.3 is 14.8 Å². The molecule has 1 saturated carbocycles. The van der Waals surface area contributed by atoms with Crippen molar-refractivity contribution in [3.63, 3.8) is 0 Å². The third kappa shape index (κ3) is 9.03. The molecule has 222 valence electrons. The highest BCUT2D eigenvalue weighted by Crippen LogP contribution is 2.30. The van der Waals surface area contributed by atoms with Gasteiger partial charge in [-0.1, -0.05) is 84.9 Å². The number of carbonyl (C=O) groups excluding carboxylic acids is 2. The van der Waals surface area contributed by atoms with Crippen LogP contribution in [0.5, 0.6) is 5.75 Å². The topological polar surface area (TPSA) is 67.9 Å². The normalized spacial score (nSPS) is 13.3. The van der Waals surface area contributed by atoms with Crippen LogP contribution in [0.25, 0.3) is 0 Å². The quantitative estimate of drug-likeness (QED) is 0.0900. The number of hydrogen-bond donors (Lipinski definition) is 1. The summed E-state index contributed by atoms with van der Waals surface area (Å²) in [4.78, 5) is 28.5. The molecular weight excluding hydrogens is 536 g/mol. The zero-order chi connectivity index (χ0) is 29.9. The Morgan fingerprint density at radius 3 is 2.21 bits per heavy atom. The summed E-state index contributed by atoms with van der Waals surface area (Å²) in [5.41, 5.74) is 4.00. The van der Waals surface area contributed by atoms with Gasteiger partial charge in [0, 0.05) is 42.9 Å². The number of methoxy groups -OCH3 is 1. The van der Waals surface area contributed by atoms with Gasteiger partial charge in [0.05, 0.1) is 13.7 Å². The number of benzene rings is 4. The second kappa shape index (κ2) is 15.2. The number of hydrogen-bond acceptors (Lipinski definition) is 6. The van der Waals surface area contributed by atoms with E-state index in [1.54, 1.807) is 18.2 Å². The van der Waals surface area contributed by atoms with Crippen molar-refractivity contribution in [3.8, 4) is 5.75 Å². The number of esters is 1. The smallest absolute Gasteiger partial charge is 0.328 e. The maximum atomic E-state index is 13.2. The van der Waals surface area contributed by atoms with E-state index >= 15 is 0 Å². The molecule has 0 aliphatic heterocycles. The molecule has 6 heteroatoms. The highest BCUT2D eigenvalue weighted by atomic mass is 16.5. The first-order chi connectivity index (χ1) is 21.1. The van der Waals surface area contributed by atoms with Gasteiger partial charge in [0.25, 0.3) is 0 Å². The maximum absolute atomic E-state index is 13.2. The van der Waals surface area contributed by atoms with Crippen LogP contribution >= 0.6 is 0 Å². The SMILES string of the molecule is COC(=O)[C@H](Cc1ccc(OCCCN(Cc2ccccc2)CC2CC2)cc1)Nc1ccccc1C(=O)c1ccccc1. The molecule has 43 heavy (non-hydrogen) atoms. The van der Waals surface area contributed by atoms with Crippen molar-refractivity contribution in [2.75, 3.05) is 32.1 Å². The van der Waals surface area contributed by atoms with Crippen LogP contribution in [0.4, 0.5) is 5.69 Å². The molecule has 4 aromatic carbocycles. The molecule has 1 fully saturated rings. The Morgan fingerprint density at radius 1 is 0.837 bits per heavy atom. The van der Waals surface area contributed by atoms with Crippen LogP contribution in [0, 0.1) is 5.92 Å². The fourth-order valence-electron chi connectivity index (χ4n) is 5.25. The molecule has 1 N–H and O–H groups in total.